The molecule has 0 aliphatic rings. The molecule has 0 saturated carbocycles. The van der Waals surface area contributed by atoms with E-state index < -0.39 is 18.8 Å². The van der Waals surface area contributed by atoms with Gasteiger partial charge in [-0.3, -0.25) is 4.79 Å². The number of halogens is 2. The number of carbonyl (C=O) groups excluding carboxylic acids is 1. The molecule has 0 aliphatic carbocycles. The van der Waals surface area contributed by atoms with Gasteiger partial charge in [-0.2, -0.15) is 8.78 Å². The summed E-state index contributed by atoms with van der Waals surface area (Å²) in [6.07, 6.45) is -0.538. The lowest BCUT2D eigenvalue weighted by Crippen LogP contribution is -2.35. The van der Waals surface area contributed by atoms with Gasteiger partial charge in [-0.05, 0) is 32.0 Å². The van der Waals surface area contributed by atoms with Crippen LogP contribution in [-0.2, 0) is 9.47 Å². The summed E-state index contributed by atoms with van der Waals surface area (Å²) in [6, 6.07) is 5.57. The van der Waals surface area contributed by atoms with Crippen molar-refractivity contribution in [3.63, 3.8) is 0 Å². The molecule has 0 fully saturated rings. The van der Waals surface area contributed by atoms with E-state index in [0.717, 1.165) is 0 Å². The zero-order chi connectivity index (χ0) is 15.7. The van der Waals surface area contributed by atoms with Crippen LogP contribution in [0.25, 0.3) is 0 Å². The third-order valence-electron chi connectivity index (χ3n) is 2.46. The Morgan fingerprint density at radius 3 is 2.48 bits per heavy atom. The molecule has 0 bridgehead atoms. The van der Waals surface area contributed by atoms with Gasteiger partial charge in [0, 0.05) is 18.8 Å². The second-order valence-corrected chi connectivity index (χ2v) is 3.96. The van der Waals surface area contributed by atoms with Crippen molar-refractivity contribution in [1.29, 1.82) is 0 Å². The highest BCUT2D eigenvalue weighted by atomic mass is 19.3. The van der Waals surface area contributed by atoms with Gasteiger partial charge in [-0.25, -0.2) is 0 Å². The molecule has 0 aliphatic heterocycles. The van der Waals surface area contributed by atoms with E-state index in [1.807, 2.05) is 13.8 Å². The highest BCUT2D eigenvalue weighted by Crippen LogP contribution is 2.15. The Morgan fingerprint density at radius 1 is 1.24 bits per heavy atom. The van der Waals surface area contributed by atoms with Gasteiger partial charge in [0.25, 0.3) is 5.91 Å². The molecule has 5 nitrogen and oxygen atoms in total. The fourth-order valence-corrected chi connectivity index (χ4v) is 1.63. The molecule has 0 spiro atoms. The molecule has 1 N–H and O–H groups in total. The molecule has 1 aromatic rings. The van der Waals surface area contributed by atoms with E-state index in [1.165, 1.54) is 24.3 Å². The van der Waals surface area contributed by atoms with Gasteiger partial charge in [0.05, 0.1) is 6.54 Å². The number of hydrogen-bond acceptors (Lipinski definition) is 4. The zero-order valence-corrected chi connectivity index (χ0v) is 12.0. The first kappa shape index (κ1) is 17.3. The summed E-state index contributed by atoms with van der Waals surface area (Å²) >= 11 is 0. The van der Waals surface area contributed by atoms with E-state index in [4.69, 9.17) is 9.47 Å². The molecule has 0 unspecified atom stereocenters. The van der Waals surface area contributed by atoms with Crippen LogP contribution >= 0.6 is 0 Å². The Bertz CT molecular complexity index is 437. The number of rotatable bonds is 9. The lowest BCUT2D eigenvalue weighted by molar-refractivity contribution is -0.131. The number of alkyl halides is 2. The predicted molar refractivity (Wildman–Crippen MR) is 72.4 cm³/mol. The van der Waals surface area contributed by atoms with Crippen molar-refractivity contribution in [3.8, 4) is 5.75 Å². The van der Waals surface area contributed by atoms with Gasteiger partial charge in [0.1, 0.15) is 5.75 Å². The molecule has 118 valence electrons. The van der Waals surface area contributed by atoms with E-state index in [-0.39, 0.29) is 17.9 Å². The van der Waals surface area contributed by atoms with Gasteiger partial charge >= 0.3 is 6.61 Å². The fourth-order valence-electron chi connectivity index (χ4n) is 1.63. The van der Waals surface area contributed by atoms with Gasteiger partial charge in [-0.1, -0.05) is 6.07 Å². The molecular weight excluding hydrogens is 284 g/mol. The molecule has 0 saturated heterocycles. The molecule has 0 heterocycles. The van der Waals surface area contributed by atoms with Crippen molar-refractivity contribution in [1.82, 2.24) is 5.32 Å². The number of benzene rings is 1. The van der Waals surface area contributed by atoms with E-state index >= 15 is 0 Å². The van der Waals surface area contributed by atoms with Crippen LogP contribution in [0.15, 0.2) is 24.3 Å². The number of nitrogens with one attached hydrogen (secondary N) is 1. The molecule has 7 heteroatoms. The molecule has 1 amide bonds. The zero-order valence-electron chi connectivity index (χ0n) is 12.0. The molecule has 21 heavy (non-hydrogen) atoms. The Kier molecular flexibility index (Phi) is 7.63. The quantitative estimate of drug-likeness (QED) is 0.712. The van der Waals surface area contributed by atoms with Crippen LogP contribution in [0.5, 0.6) is 5.75 Å². The molecule has 1 rings (SSSR count). The Labute approximate surface area is 122 Å². The number of carbonyl (C=O) groups is 1. The van der Waals surface area contributed by atoms with Crippen LogP contribution in [0.1, 0.15) is 24.2 Å². The summed E-state index contributed by atoms with van der Waals surface area (Å²) in [5.41, 5.74) is 0.222. The Hall–Kier alpha value is -1.73. The van der Waals surface area contributed by atoms with Gasteiger partial charge in [0.2, 0.25) is 0 Å². The summed E-state index contributed by atoms with van der Waals surface area (Å²) < 4.78 is 39.1. The molecule has 1 aromatic carbocycles. The largest absolute Gasteiger partial charge is 0.435 e. The summed E-state index contributed by atoms with van der Waals surface area (Å²) in [7, 11) is 0. The first-order valence-electron chi connectivity index (χ1n) is 6.63. The van der Waals surface area contributed by atoms with Crippen molar-refractivity contribution in [2.24, 2.45) is 0 Å². The predicted octanol–water partition coefficient (Wildman–Crippen LogP) is 2.42. The Balaban J connectivity index is 2.58. The van der Waals surface area contributed by atoms with E-state index in [0.29, 0.717) is 13.2 Å². The highest BCUT2D eigenvalue weighted by molar-refractivity contribution is 5.94. The topological polar surface area (TPSA) is 56.8 Å². The minimum absolute atomic E-state index is 0.0659. The third kappa shape index (κ3) is 6.50. The van der Waals surface area contributed by atoms with Gasteiger partial charge in [0.15, 0.2) is 6.29 Å². The molecule has 0 aromatic heterocycles. The second-order valence-electron chi connectivity index (χ2n) is 3.96. The first-order chi connectivity index (χ1) is 10.1. The van der Waals surface area contributed by atoms with Crippen molar-refractivity contribution < 1.29 is 27.8 Å². The number of ether oxygens (including phenoxy) is 3. The SMILES string of the molecule is CCOC(CNC(=O)c1cccc(OC(F)F)c1)OCC. The maximum absolute atomic E-state index is 12.1. The van der Waals surface area contributed by atoms with Crippen LogP contribution < -0.4 is 10.1 Å². The monoisotopic (exact) mass is 303 g/mol. The minimum Gasteiger partial charge on any atom is -0.435 e. The maximum Gasteiger partial charge on any atom is 0.387 e. The smallest absolute Gasteiger partial charge is 0.387 e. The lowest BCUT2D eigenvalue weighted by Gasteiger charge is -2.17. The average Bonchev–Trinajstić information content (AvgIpc) is 2.44. The summed E-state index contributed by atoms with van der Waals surface area (Å²) in [4.78, 5) is 11.9. The van der Waals surface area contributed by atoms with Crippen LogP contribution in [0.3, 0.4) is 0 Å². The standard InChI is InChI=1S/C14H19F2NO4/c1-3-19-12(20-4-2)9-17-13(18)10-6-5-7-11(8-10)21-14(15)16/h5-8,12,14H,3-4,9H2,1-2H3,(H,17,18). The molecule has 0 atom stereocenters. The van der Waals surface area contributed by atoms with Gasteiger partial charge < -0.3 is 19.5 Å². The fraction of sp³-hybridized carbons (Fsp3) is 0.500. The van der Waals surface area contributed by atoms with E-state index in [2.05, 4.69) is 10.1 Å². The maximum atomic E-state index is 12.1. The lowest BCUT2D eigenvalue weighted by atomic mass is 10.2. The highest BCUT2D eigenvalue weighted by Gasteiger charge is 2.13. The van der Waals surface area contributed by atoms with Crippen molar-refractivity contribution in [3.05, 3.63) is 29.8 Å². The van der Waals surface area contributed by atoms with E-state index in [1.54, 1.807) is 0 Å². The summed E-state index contributed by atoms with van der Waals surface area (Å²) in [5, 5.41) is 2.62. The van der Waals surface area contributed by atoms with Crippen molar-refractivity contribution in [2.75, 3.05) is 19.8 Å². The van der Waals surface area contributed by atoms with Crippen LogP contribution in [0.4, 0.5) is 8.78 Å². The van der Waals surface area contributed by atoms with Crippen molar-refractivity contribution >= 4 is 5.91 Å². The van der Waals surface area contributed by atoms with Crippen LogP contribution in [-0.4, -0.2) is 38.6 Å². The third-order valence-corrected chi connectivity index (χ3v) is 2.46. The Morgan fingerprint density at radius 2 is 1.90 bits per heavy atom. The number of amides is 1. The van der Waals surface area contributed by atoms with E-state index in [9.17, 15) is 13.6 Å². The number of hydrogen-bond donors (Lipinski definition) is 1. The van der Waals surface area contributed by atoms with Crippen molar-refractivity contribution in [2.45, 2.75) is 26.7 Å². The first-order valence-corrected chi connectivity index (χ1v) is 6.63. The average molecular weight is 303 g/mol. The van der Waals surface area contributed by atoms with Crippen LogP contribution in [0.2, 0.25) is 0 Å². The second kappa shape index (κ2) is 9.25. The van der Waals surface area contributed by atoms with Crippen LogP contribution in [0, 0.1) is 0 Å². The summed E-state index contributed by atoms with van der Waals surface area (Å²) in [6.45, 7) is 1.79. The molecular formula is C14H19F2NO4. The normalized spacial score (nSPS) is 11.0. The minimum atomic E-state index is -2.93. The van der Waals surface area contributed by atoms with Gasteiger partial charge in [-0.15, -0.1) is 0 Å². The molecule has 0 radical (unpaired) electrons. The summed E-state index contributed by atoms with van der Waals surface area (Å²) in [5.74, 6) is -0.483.